The average molecular weight is 251 g/mol. The number of rotatable bonds is 4. The molecule has 5 nitrogen and oxygen atoms in total. The van der Waals surface area contributed by atoms with E-state index in [0.29, 0.717) is 23.8 Å². The molecule has 1 atom stereocenters. The fourth-order valence-electron chi connectivity index (χ4n) is 2.43. The van der Waals surface area contributed by atoms with Gasteiger partial charge >= 0.3 is 0 Å². The first-order valence-corrected chi connectivity index (χ1v) is 6.29. The van der Waals surface area contributed by atoms with Crippen LogP contribution < -0.4 is 14.8 Å². The number of nitrogens with zero attached hydrogens (tertiary/aromatic N) is 2. The van der Waals surface area contributed by atoms with E-state index in [1.807, 2.05) is 0 Å². The second-order valence-corrected chi connectivity index (χ2v) is 5.35. The van der Waals surface area contributed by atoms with Gasteiger partial charge in [0.05, 0.1) is 20.3 Å². The number of nitrogens with one attached hydrogen (secondary N) is 1. The summed E-state index contributed by atoms with van der Waals surface area (Å²) in [6.07, 6.45) is 3.62. The molecule has 5 heteroatoms. The first kappa shape index (κ1) is 12.9. The van der Waals surface area contributed by atoms with E-state index < -0.39 is 0 Å². The first-order chi connectivity index (χ1) is 8.55. The Kier molecular flexibility index (Phi) is 3.59. The highest BCUT2D eigenvalue weighted by molar-refractivity contribution is 5.35. The molecule has 1 aliphatic carbocycles. The van der Waals surface area contributed by atoms with Crippen LogP contribution in [-0.2, 0) is 0 Å². The lowest BCUT2D eigenvalue weighted by Gasteiger charge is -2.27. The molecule has 1 unspecified atom stereocenters. The summed E-state index contributed by atoms with van der Waals surface area (Å²) in [4.78, 5) is 8.61. The van der Waals surface area contributed by atoms with Crippen molar-refractivity contribution < 1.29 is 9.47 Å². The van der Waals surface area contributed by atoms with Gasteiger partial charge in [0.15, 0.2) is 0 Å². The molecule has 0 amide bonds. The van der Waals surface area contributed by atoms with Gasteiger partial charge in [-0.3, -0.25) is 0 Å². The van der Waals surface area contributed by atoms with Gasteiger partial charge < -0.3 is 14.8 Å². The van der Waals surface area contributed by atoms with Crippen LogP contribution >= 0.6 is 0 Å². The summed E-state index contributed by atoms with van der Waals surface area (Å²) in [5.41, 5.74) is 0.277. The highest BCUT2D eigenvalue weighted by atomic mass is 16.5. The standard InChI is InChI=1S/C13H21N3O2/c1-13(2)7-5-6-9(13)14-12-15-10(17-3)8-11(16-12)18-4/h8-9H,5-7H2,1-4H3,(H,14,15,16). The van der Waals surface area contributed by atoms with Crippen LogP contribution in [0.3, 0.4) is 0 Å². The zero-order valence-electron chi connectivity index (χ0n) is 11.5. The van der Waals surface area contributed by atoms with Gasteiger partial charge in [0, 0.05) is 6.04 Å². The normalized spacial score (nSPS) is 21.7. The van der Waals surface area contributed by atoms with Crippen molar-refractivity contribution in [3.05, 3.63) is 6.07 Å². The zero-order chi connectivity index (χ0) is 13.2. The topological polar surface area (TPSA) is 56.3 Å². The summed E-state index contributed by atoms with van der Waals surface area (Å²) in [6, 6.07) is 2.07. The van der Waals surface area contributed by atoms with Gasteiger partial charge in [0.1, 0.15) is 0 Å². The monoisotopic (exact) mass is 251 g/mol. The lowest BCUT2D eigenvalue weighted by molar-refractivity contribution is 0.345. The van der Waals surface area contributed by atoms with Crippen LogP contribution in [0.25, 0.3) is 0 Å². The highest BCUT2D eigenvalue weighted by Crippen LogP contribution is 2.38. The van der Waals surface area contributed by atoms with E-state index >= 15 is 0 Å². The molecule has 1 fully saturated rings. The number of ether oxygens (including phenoxy) is 2. The molecule has 2 rings (SSSR count). The van der Waals surface area contributed by atoms with Crippen LogP contribution in [0.1, 0.15) is 33.1 Å². The fraction of sp³-hybridized carbons (Fsp3) is 0.692. The Morgan fingerprint density at radius 2 is 1.83 bits per heavy atom. The number of anilines is 1. The third-order valence-electron chi connectivity index (χ3n) is 3.66. The van der Waals surface area contributed by atoms with E-state index in [2.05, 4.69) is 29.1 Å². The molecule has 0 bridgehead atoms. The molecule has 0 aromatic carbocycles. The summed E-state index contributed by atoms with van der Waals surface area (Å²) in [7, 11) is 3.18. The largest absolute Gasteiger partial charge is 0.481 e. The molecule has 1 aliphatic rings. The van der Waals surface area contributed by atoms with Gasteiger partial charge in [-0.1, -0.05) is 20.3 Å². The summed E-state index contributed by atoms with van der Waals surface area (Å²) >= 11 is 0. The second-order valence-electron chi connectivity index (χ2n) is 5.35. The van der Waals surface area contributed by atoms with Gasteiger partial charge in [-0.2, -0.15) is 9.97 Å². The van der Waals surface area contributed by atoms with Gasteiger partial charge in [0.2, 0.25) is 17.7 Å². The first-order valence-electron chi connectivity index (χ1n) is 6.29. The molecule has 1 aromatic heterocycles. The third-order valence-corrected chi connectivity index (χ3v) is 3.66. The molecule has 1 saturated carbocycles. The van der Waals surface area contributed by atoms with Crippen LogP contribution in [0.15, 0.2) is 6.07 Å². The third kappa shape index (κ3) is 2.66. The number of hydrogen-bond donors (Lipinski definition) is 1. The fourth-order valence-corrected chi connectivity index (χ4v) is 2.43. The predicted molar refractivity (Wildman–Crippen MR) is 70.2 cm³/mol. The van der Waals surface area contributed by atoms with E-state index in [1.165, 1.54) is 12.8 Å². The van der Waals surface area contributed by atoms with Crippen LogP contribution in [-0.4, -0.2) is 30.2 Å². The predicted octanol–water partition coefficient (Wildman–Crippen LogP) is 2.48. The summed E-state index contributed by atoms with van der Waals surface area (Å²) in [6.45, 7) is 4.55. The molecule has 0 spiro atoms. The molecular formula is C13H21N3O2. The Morgan fingerprint density at radius 1 is 1.22 bits per heavy atom. The van der Waals surface area contributed by atoms with Gasteiger partial charge in [-0.15, -0.1) is 0 Å². The molecular weight excluding hydrogens is 230 g/mol. The minimum absolute atomic E-state index is 0.277. The molecule has 0 saturated heterocycles. The average Bonchev–Trinajstić information content (AvgIpc) is 2.68. The summed E-state index contributed by atoms with van der Waals surface area (Å²) < 4.78 is 10.3. The van der Waals surface area contributed by atoms with Crippen molar-refractivity contribution in [2.45, 2.75) is 39.2 Å². The number of methoxy groups -OCH3 is 2. The summed E-state index contributed by atoms with van der Waals surface area (Å²) in [5.74, 6) is 1.60. The SMILES string of the molecule is COc1cc(OC)nc(NC2CCCC2(C)C)n1. The highest BCUT2D eigenvalue weighted by Gasteiger charge is 2.34. The van der Waals surface area contributed by atoms with Crippen LogP contribution in [0.5, 0.6) is 11.8 Å². The quantitative estimate of drug-likeness (QED) is 0.891. The minimum Gasteiger partial charge on any atom is -0.481 e. The summed E-state index contributed by atoms with van der Waals surface area (Å²) in [5, 5.41) is 3.40. The maximum Gasteiger partial charge on any atom is 0.229 e. The Morgan fingerprint density at radius 3 is 2.28 bits per heavy atom. The minimum atomic E-state index is 0.277. The van der Waals surface area contributed by atoms with Crippen LogP contribution in [0, 0.1) is 5.41 Å². The smallest absolute Gasteiger partial charge is 0.229 e. The lowest BCUT2D eigenvalue weighted by atomic mass is 9.87. The molecule has 1 heterocycles. The van der Waals surface area contributed by atoms with E-state index in [0.717, 1.165) is 6.42 Å². The van der Waals surface area contributed by atoms with E-state index in [4.69, 9.17) is 9.47 Å². The van der Waals surface area contributed by atoms with Crippen LogP contribution in [0.4, 0.5) is 5.95 Å². The van der Waals surface area contributed by atoms with Crippen molar-refractivity contribution in [2.75, 3.05) is 19.5 Å². The van der Waals surface area contributed by atoms with Crippen molar-refractivity contribution in [1.29, 1.82) is 0 Å². The number of hydrogen-bond acceptors (Lipinski definition) is 5. The van der Waals surface area contributed by atoms with Gasteiger partial charge in [0.25, 0.3) is 0 Å². The Hall–Kier alpha value is -1.52. The maximum absolute atomic E-state index is 5.14. The van der Waals surface area contributed by atoms with Crippen molar-refractivity contribution >= 4 is 5.95 Å². The zero-order valence-corrected chi connectivity index (χ0v) is 11.5. The Bertz CT molecular complexity index is 398. The molecule has 0 aliphatic heterocycles. The maximum atomic E-state index is 5.14. The van der Waals surface area contributed by atoms with Crippen molar-refractivity contribution in [3.8, 4) is 11.8 Å². The van der Waals surface area contributed by atoms with Crippen molar-refractivity contribution in [1.82, 2.24) is 9.97 Å². The Balaban J connectivity index is 2.18. The van der Waals surface area contributed by atoms with E-state index in [-0.39, 0.29) is 5.41 Å². The van der Waals surface area contributed by atoms with Gasteiger partial charge in [-0.05, 0) is 18.3 Å². The van der Waals surface area contributed by atoms with Gasteiger partial charge in [-0.25, -0.2) is 0 Å². The molecule has 18 heavy (non-hydrogen) atoms. The molecule has 0 radical (unpaired) electrons. The van der Waals surface area contributed by atoms with E-state index in [1.54, 1.807) is 20.3 Å². The van der Waals surface area contributed by atoms with Crippen molar-refractivity contribution in [2.24, 2.45) is 5.41 Å². The molecule has 100 valence electrons. The van der Waals surface area contributed by atoms with Crippen LogP contribution in [0.2, 0.25) is 0 Å². The molecule has 1 aromatic rings. The Labute approximate surface area is 108 Å². The number of aromatic nitrogens is 2. The van der Waals surface area contributed by atoms with E-state index in [9.17, 15) is 0 Å². The second kappa shape index (κ2) is 5.00. The van der Waals surface area contributed by atoms with Crippen molar-refractivity contribution in [3.63, 3.8) is 0 Å². The molecule has 1 N–H and O–H groups in total. The lowest BCUT2D eigenvalue weighted by Crippen LogP contribution is -2.31.